The van der Waals surface area contributed by atoms with E-state index in [0.29, 0.717) is 22.3 Å². The van der Waals surface area contributed by atoms with Crippen LogP contribution in [0.25, 0.3) is 0 Å². The molecule has 2 aromatic heterocycles. The van der Waals surface area contributed by atoms with E-state index in [0.717, 1.165) is 0 Å². The lowest BCUT2D eigenvalue weighted by Gasteiger charge is -2.03. The van der Waals surface area contributed by atoms with Gasteiger partial charge in [0, 0.05) is 7.05 Å². The van der Waals surface area contributed by atoms with Crippen LogP contribution in [0, 0.1) is 0 Å². The van der Waals surface area contributed by atoms with Crippen molar-refractivity contribution in [1.82, 2.24) is 14.8 Å². The number of ether oxygens (including phenoxy) is 1. The standard InChI is InChI=1S/C9H9ClN4O/c1-14-5-7(4-13-14)15-9-8(10)2-6(11)3-12-9/h2-5H,11H2,1H3. The Morgan fingerprint density at radius 2 is 2.27 bits per heavy atom. The Balaban J connectivity index is 2.24. The van der Waals surface area contributed by atoms with Crippen LogP contribution in [0.5, 0.6) is 11.6 Å². The molecule has 2 aromatic rings. The second kappa shape index (κ2) is 3.78. The van der Waals surface area contributed by atoms with Gasteiger partial charge in [0.15, 0.2) is 5.75 Å². The molecule has 0 saturated carbocycles. The van der Waals surface area contributed by atoms with E-state index in [1.54, 1.807) is 30.2 Å². The second-order valence-corrected chi connectivity index (χ2v) is 3.41. The zero-order chi connectivity index (χ0) is 10.8. The third kappa shape index (κ3) is 2.19. The number of hydrogen-bond donors (Lipinski definition) is 1. The SMILES string of the molecule is Cn1cc(Oc2ncc(N)cc2Cl)cn1. The van der Waals surface area contributed by atoms with E-state index in [-0.39, 0.29) is 0 Å². The summed E-state index contributed by atoms with van der Waals surface area (Å²) in [5.41, 5.74) is 6.00. The number of nitrogens with two attached hydrogens (primary N) is 1. The second-order valence-electron chi connectivity index (χ2n) is 3.01. The third-order valence-corrected chi connectivity index (χ3v) is 2.00. The van der Waals surface area contributed by atoms with Crippen molar-refractivity contribution in [3.63, 3.8) is 0 Å². The quantitative estimate of drug-likeness (QED) is 0.845. The summed E-state index contributed by atoms with van der Waals surface area (Å²) in [5, 5.41) is 4.33. The molecule has 15 heavy (non-hydrogen) atoms. The van der Waals surface area contributed by atoms with E-state index in [1.165, 1.54) is 6.20 Å². The van der Waals surface area contributed by atoms with Crippen LogP contribution < -0.4 is 10.5 Å². The minimum atomic E-state index is 0.318. The smallest absolute Gasteiger partial charge is 0.238 e. The van der Waals surface area contributed by atoms with Crippen molar-refractivity contribution < 1.29 is 4.74 Å². The van der Waals surface area contributed by atoms with Gasteiger partial charge in [-0.15, -0.1) is 0 Å². The Bertz CT molecular complexity index is 483. The average Bonchev–Trinajstić information content (AvgIpc) is 2.56. The van der Waals surface area contributed by atoms with E-state index in [9.17, 15) is 0 Å². The van der Waals surface area contributed by atoms with Crippen molar-refractivity contribution in [2.75, 3.05) is 5.73 Å². The van der Waals surface area contributed by atoms with Gasteiger partial charge in [-0.3, -0.25) is 4.68 Å². The maximum Gasteiger partial charge on any atom is 0.238 e. The lowest BCUT2D eigenvalue weighted by Crippen LogP contribution is -1.91. The first kappa shape index (κ1) is 9.79. The van der Waals surface area contributed by atoms with Crippen LogP contribution in [0.4, 0.5) is 5.69 Å². The van der Waals surface area contributed by atoms with E-state index in [2.05, 4.69) is 10.1 Å². The zero-order valence-electron chi connectivity index (χ0n) is 8.01. The molecule has 0 bridgehead atoms. The molecule has 2 rings (SSSR count). The number of anilines is 1. The first-order valence-electron chi connectivity index (χ1n) is 4.22. The highest BCUT2D eigenvalue weighted by Crippen LogP contribution is 2.27. The van der Waals surface area contributed by atoms with E-state index in [1.807, 2.05) is 0 Å². The Morgan fingerprint density at radius 3 is 2.87 bits per heavy atom. The highest BCUT2D eigenvalue weighted by Gasteiger charge is 2.06. The maximum atomic E-state index is 5.89. The molecule has 0 aliphatic carbocycles. The van der Waals surface area contributed by atoms with Gasteiger partial charge in [0.25, 0.3) is 0 Å². The molecule has 2 heterocycles. The van der Waals surface area contributed by atoms with Crippen LogP contribution >= 0.6 is 11.6 Å². The molecule has 0 aliphatic heterocycles. The summed E-state index contributed by atoms with van der Waals surface area (Å²) in [6.07, 6.45) is 4.78. The molecule has 0 unspecified atom stereocenters. The van der Waals surface area contributed by atoms with Gasteiger partial charge >= 0.3 is 0 Å². The molecule has 0 radical (unpaired) electrons. The van der Waals surface area contributed by atoms with E-state index in [4.69, 9.17) is 22.1 Å². The fourth-order valence-electron chi connectivity index (χ4n) is 1.08. The summed E-state index contributed by atoms with van der Waals surface area (Å²) < 4.78 is 7.03. The number of pyridine rings is 1. The van der Waals surface area contributed by atoms with Gasteiger partial charge in [0.05, 0.1) is 24.3 Å². The minimum Gasteiger partial charge on any atom is -0.434 e. The normalized spacial score (nSPS) is 10.3. The Morgan fingerprint density at radius 1 is 1.47 bits per heavy atom. The van der Waals surface area contributed by atoms with Crippen LogP contribution in [0.3, 0.4) is 0 Å². The maximum absolute atomic E-state index is 5.89. The molecule has 0 fully saturated rings. The van der Waals surface area contributed by atoms with Crippen LogP contribution in [0.2, 0.25) is 5.02 Å². The largest absolute Gasteiger partial charge is 0.434 e. The lowest BCUT2D eigenvalue weighted by molar-refractivity contribution is 0.463. The predicted octanol–water partition coefficient (Wildman–Crippen LogP) is 1.84. The summed E-state index contributed by atoms with van der Waals surface area (Å²) in [4.78, 5) is 3.97. The van der Waals surface area contributed by atoms with Crippen LogP contribution in [-0.2, 0) is 7.05 Å². The third-order valence-electron chi connectivity index (χ3n) is 1.72. The van der Waals surface area contributed by atoms with E-state index >= 15 is 0 Å². The molecule has 0 saturated heterocycles. The lowest BCUT2D eigenvalue weighted by atomic mass is 10.4. The zero-order valence-corrected chi connectivity index (χ0v) is 8.77. The fourth-order valence-corrected chi connectivity index (χ4v) is 1.29. The molecule has 2 N–H and O–H groups in total. The summed E-state index contributed by atoms with van der Waals surface area (Å²) in [7, 11) is 1.80. The average molecular weight is 225 g/mol. The number of nitrogens with zero attached hydrogens (tertiary/aromatic N) is 3. The molecule has 0 amide bonds. The van der Waals surface area contributed by atoms with Gasteiger partial charge in [-0.05, 0) is 6.07 Å². The van der Waals surface area contributed by atoms with Crippen LogP contribution in [0.15, 0.2) is 24.7 Å². The highest BCUT2D eigenvalue weighted by molar-refractivity contribution is 6.32. The van der Waals surface area contributed by atoms with Crippen molar-refractivity contribution in [1.29, 1.82) is 0 Å². The first-order valence-corrected chi connectivity index (χ1v) is 4.60. The molecule has 78 valence electrons. The number of aromatic nitrogens is 3. The van der Waals surface area contributed by atoms with Crippen molar-refractivity contribution in [3.05, 3.63) is 29.7 Å². The molecule has 0 atom stereocenters. The molecular weight excluding hydrogens is 216 g/mol. The Labute approximate surface area is 91.4 Å². The van der Waals surface area contributed by atoms with Crippen molar-refractivity contribution >= 4 is 17.3 Å². The number of hydrogen-bond acceptors (Lipinski definition) is 4. The van der Waals surface area contributed by atoms with Crippen molar-refractivity contribution in [2.24, 2.45) is 7.05 Å². The first-order chi connectivity index (χ1) is 7.15. The molecule has 0 aliphatic rings. The van der Waals surface area contributed by atoms with Gasteiger partial charge in [-0.2, -0.15) is 5.10 Å². The summed E-state index contributed by atoms with van der Waals surface area (Å²) in [6, 6.07) is 1.58. The molecule has 0 aromatic carbocycles. The Kier molecular flexibility index (Phi) is 2.47. The van der Waals surface area contributed by atoms with Crippen LogP contribution in [0.1, 0.15) is 0 Å². The number of rotatable bonds is 2. The predicted molar refractivity (Wildman–Crippen MR) is 56.9 cm³/mol. The number of aryl methyl sites for hydroxylation is 1. The molecular formula is C9H9ClN4O. The molecule has 0 spiro atoms. The summed E-state index contributed by atoms with van der Waals surface area (Å²) in [6.45, 7) is 0. The van der Waals surface area contributed by atoms with Crippen LogP contribution in [-0.4, -0.2) is 14.8 Å². The molecule has 6 heteroatoms. The monoisotopic (exact) mass is 224 g/mol. The van der Waals surface area contributed by atoms with Gasteiger partial charge in [-0.1, -0.05) is 11.6 Å². The number of nitrogen functional groups attached to an aromatic ring is 1. The van der Waals surface area contributed by atoms with Crippen molar-refractivity contribution in [3.8, 4) is 11.6 Å². The van der Waals surface area contributed by atoms with E-state index < -0.39 is 0 Å². The summed E-state index contributed by atoms with van der Waals surface area (Å²) >= 11 is 5.89. The van der Waals surface area contributed by atoms with Gasteiger partial charge < -0.3 is 10.5 Å². The molecule has 5 nitrogen and oxygen atoms in total. The fraction of sp³-hybridized carbons (Fsp3) is 0.111. The minimum absolute atomic E-state index is 0.318. The number of halogens is 1. The Hall–Kier alpha value is -1.75. The highest BCUT2D eigenvalue weighted by atomic mass is 35.5. The van der Waals surface area contributed by atoms with Gasteiger partial charge in [0.2, 0.25) is 5.88 Å². The van der Waals surface area contributed by atoms with Crippen molar-refractivity contribution in [2.45, 2.75) is 0 Å². The van der Waals surface area contributed by atoms with Gasteiger partial charge in [0.1, 0.15) is 5.02 Å². The summed E-state index contributed by atoms with van der Waals surface area (Å²) in [5.74, 6) is 0.899. The topological polar surface area (TPSA) is 66.0 Å². The van der Waals surface area contributed by atoms with Gasteiger partial charge in [-0.25, -0.2) is 4.98 Å².